The molecule has 0 bridgehead atoms. The Bertz CT molecular complexity index is 534. The third-order valence-corrected chi connectivity index (χ3v) is 3.48. The van der Waals surface area contributed by atoms with E-state index in [1.807, 2.05) is 5.38 Å². The second kappa shape index (κ2) is 6.36. The number of thiazole rings is 1. The molecular formula is C11H10Cl2N2O2S. The van der Waals surface area contributed by atoms with Gasteiger partial charge in [-0.05, 0) is 18.2 Å². The van der Waals surface area contributed by atoms with Crippen LogP contribution in [0.3, 0.4) is 0 Å². The molecule has 96 valence electrons. The van der Waals surface area contributed by atoms with E-state index < -0.39 is 0 Å². The minimum Gasteiger partial charge on any atom is -0.485 e. The van der Waals surface area contributed by atoms with E-state index in [-0.39, 0.29) is 6.61 Å². The van der Waals surface area contributed by atoms with Gasteiger partial charge in [0.1, 0.15) is 24.0 Å². The summed E-state index contributed by atoms with van der Waals surface area (Å²) in [6.07, 6.45) is 0. The zero-order chi connectivity index (χ0) is 13.0. The lowest BCUT2D eigenvalue weighted by molar-refractivity contribution is 0.121. The Morgan fingerprint density at radius 2 is 2.11 bits per heavy atom. The molecule has 0 fully saturated rings. The van der Waals surface area contributed by atoms with Crippen molar-refractivity contribution in [3.63, 3.8) is 0 Å². The first-order valence-electron chi connectivity index (χ1n) is 5.02. The van der Waals surface area contributed by atoms with Crippen molar-refractivity contribution in [3.8, 4) is 5.75 Å². The summed E-state index contributed by atoms with van der Waals surface area (Å²) in [5.74, 6) is 5.55. The van der Waals surface area contributed by atoms with Gasteiger partial charge in [-0.1, -0.05) is 23.2 Å². The van der Waals surface area contributed by atoms with Crippen molar-refractivity contribution in [2.45, 2.75) is 13.2 Å². The van der Waals surface area contributed by atoms with Crippen molar-refractivity contribution in [1.29, 1.82) is 0 Å². The summed E-state index contributed by atoms with van der Waals surface area (Å²) < 4.78 is 5.55. The number of halogens is 2. The molecule has 0 aliphatic heterocycles. The van der Waals surface area contributed by atoms with Crippen LogP contribution in [-0.4, -0.2) is 4.98 Å². The first-order chi connectivity index (χ1) is 8.69. The zero-order valence-corrected chi connectivity index (χ0v) is 11.6. The van der Waals surface area contributed by atoms with E-state index >= 15 is 0 Å². The van der Waals surface area contributed by atoms with Crippen molar-refractivity contribution in [2.24, 2.45) is 5.90 Å². The van der Waals surface area contributed by atoms with E-state index in [0.29, 0.717) is 22.4 Å². The number of rotatable bonds is 5. The minimum atomic E-state index is 0.290. The van der Waals surface area contributed by atoms with E-state index in [1.54, 1.807) is 18.2 Å². The minimum absolute atomic E-state index is 0.290. The smallest absolute Gasteiger partial charge is 0.140 e. The quantitative estimate of drug-likeness (QED) is 0.860. The highest BCUT2D eigenvalue weighted by atomic mass is 35.5. The molecule has 18 heavy (non-hydrogen) atoms. The van der Waals surface area contributed by atoms with Crippen molar-refractivity contribution in [1.82, 2.24) is 4.98 Å². The molecule has 0 radical (unpaired) electrons. The van der Waals surface area contributed by atoms with Crippen LogP contribution in [0.15, 0.2) is 23.6 Å². The molecule has 1 aromatic heterocycles. The highest BCUT2D eigenvalue weighted by Gasteiger charge is 2.06. The summed E-state index contributed by atoms with van der Waals surface area (Å²) in [4.78, 5) is 8.79. The van der Waals surface area contributed by atoms with Crippen LogP contribution in [0.4, 0.5) is 0 Å². The summed E-state index contributed by atoms with van der Waals surface area (Å²) in [7, 11) is 0. The van der Waals surface area contributed by atoms with Gasteiger partial charge < -0.3 is 4.74 Å². The predicted molar refractivity (Wildman–Crippen MR) is 71.9 cm³/mol. The van der Waals surface area contributed by atoms with Gasteiger partial charge in [-0.2, -0.15) is 0 Å². The topological polar surface area (TPSA) is 57.4 Å². The Morgan fingerprint density at radius 3 is 2.83 bits per heavy atom. The van der Waals surface area contributed by atoms with Gasteiger partial charge in [0.2, 0.25) is 0 Å². The maximum absolute atomic E-state index is 5.99. The Labute approximate surface area is 118 Å². The average Bonchev–Trinajstić information content (AvgIpc) is 2.76. The van der Waals surface area contributed by atoms with E-state index in [1.165, 1.54) is 11.3 Å². The first kappa shape index (κ1) is 13.6. The monoisotopic (exact) mass is 304 g/mol. The molecule has 1 heterocycles. The maximum atomic E-state index is 5.99. The predicted octanol–water partition coefficient (Wildman–Crippen LogP) is 3.42. The molecule has 0 unspecified atom stereocenters. The van der Waals surface area contributed by atoms with Gasteiger partial charge >= 0.3 is 0 Å². The first-order valence-corrected chi connectivity index (χ1v) is 6.65. The lowest BCUT2D eigenvalue weighted by Gasteiger charge is -2.06. The molecule has 2 N–H and O–H groups in total. The van der Waals surface area contributed by atoms with Crippen molar-refractivity contribution < 1.29 is 9.57 Å². The summed E-state index contributed by atoms with van der Waals surface area (Å²) >= 11 is 13.3. The third-order valence-electron chi connectivity index (χ3n) is 2.08. The van der Waals surface area contributed by atoms with E-state index in [0.717, 1.165) is 10.7 Å². The third kappa shape index (κ3) is 3.57. The molecule has 0 saturated carbocycles. The van der Waals surface area contributed by atoms with Crippen LogP contribution in [-0.2, 0) is 18.1 Å². The van der Waals surface area contributed by atoms with Crippen molar-refractivity contribution in [3.05, 3.63) is 44.3 Å². The fraction of sp³-hybridized carbons (Fsp3) is 0.182. The number of benzene rings is 1. The van der Waals surface area contributed by atoms with Gasteiger partial charge in [0.25, 0.3) is 0 Å². The Morgan fingerprint density at radius 1 is 1.28 bits per heavy atom. The molecular weight excluding hydrogens is 295 g/mol. The van der Waals surface area contributed by atoms with Crippen LogP contribution < -0.4 is 10.6 Å². The van der Waals surface area contributed by atoms with Crippen LogP contribution in [0.1, 0.15) is 10.7 Å². The Balaban J connectivity index is 1.97. The fourth-order valence-corrected chi connectivity index (χ4v) is 2.45. The number of hydrogen-bond donors (Lipinski definition) is 1. The molecule has 0 atom stereocenters. The molecule has 4 nitrogen and oxygen atoms in total. The molecule has 7 heteroatoms. The Hall–Kier alpha value is -0.850. The van der Waals surface area contributed by atoms with E-state index in [9.17, 15) is 0 Å². The molecule has 0 saturated heterocycles. The standard InChI is InChI=1S/C11H10Cl2N2O2S/c12-7-1-2-10(9(13)3-7)16-5-11-15-8(4-17-14)6-18-11/h1-3,6H,4-5,14H2. The normalized spacial score (nSPS) is 10.6. The van der Waals surface area contributed by atoms with Crippen LogP contribution in [0.25, 0.3) is 0 Å². The van der Waals surface area contributed by atoms with E-state index in [2.05, 4.69) is 9.82 Å². The SMILES string of the molecule is NOCc1csc(COc2ccc(Cl)cc2Cl)n1. The van der Waals surface area contributed by atoms with Crippen LogP contribution in [0.2, 0.25) is 10.0 Å². The highest BCUT2D eigenvalue weighted by Crippen LogP contribution is 2.28. The Kier molecular flexibility index (Phi) is 4.79. The van der Waals surface area contributed by atoms with Gasteiger partial charge in [0.05, 0.1) is 10.7 Å². The summed E-state index contributed by atoms with van der Waals surface area (Å²) in [6.45, 7) is 0.634. The van der Waals surface area contributed by atoms with Crippen molar-refractivity contribution >= 4 is 34.5 Å². The van der Waals surface area contributed by atoms with Gasteiger partial charge in [0.15, 0.2) is 0 Å². The number of nitrogens with two attached hydrogens (primary N) is 1. The van der Waals surface area contributed by atoms with Crippen LogP contribution in [0.5, 0.6) is 5.75 Å². The number of nitrogens with zero attached hydrogens (tertiary/aromatic N) is 1. The average molecular weight is 305 g/mol. The lowest BCUT2D eigenvalue weighted by atomic mass is 10.3. The molecule has 0 spiro atoms. The molecule has 0 aliphatic carbocycles. The van der Waals surface area contributed by atoms with Gasteiger partial charge in [0, 0.05) is 10.4 Å². The van der Waals surface area contributed by atoms with Gasteiger partial charge in [-0.25, -0.2) is 10.9 Å². The summed E-state index contributed by atoms with van der Waals surface area (Å²) in [6, 6.07) is 5.08. The maximum Gasteiger partial charge on any atom is 0.140 e. The molecule has 2 aromatic rings. The lowest BCUT2D eigenvalue weighted by Crippen LogP contribution is -2.00. The zero-order valence-electron chi connectivity index (χ0n) is 9.23. The number of hydrogen-bond acceptors (Lipinski definition) is 5. The van der Waals surface area contributed by atoms with Crippen LogP contribution in [0, 0.1) is 0 Å². The molecule has 2 rings (SSSR count). The largest absolute Gasteiger partial charge is 0.485 e. The highest BCUT2D eigenvalue weighted by molar-refractivity contribution is 7.09. The fourth-order valence-electron chi connectivity index (χ4n) is 1.30. The summed E-state index contributed by atoms with van der Waals surface area (Å²) in [5.41, 5.74) is 0.781. The number of aromatic nitrogens is 1. The van der Waals surface area contributed by atoms with Crippen molar-refractivity contribution in [2.75, 3.05) is 0 Å². The van der Waals surface area contributed by atoms with Gasteiger partial charge in [-0.15, -0.1) is 11.3 Å². The second-order valence-corrected chi connectivity index (χ2v) is 5.19. The molecule has 0 aliphatic rings. The van der Waals surface area contributed by atoms with Crippen LogP contribution >= 0.6 is 34.5 Å². The molecule has 0 amide bonds. The molecule has 1 aromatic carbocycles. The van der Waals surface area contributed by atoms with E-state index in [4.69, 9.17) is 33.8 Å². The summed E-state index contributed by atoms with van der Waals surface area (Å²) in [5, 5.41) is 3.75. The number of ether oxygens (including phenoxy) is 1. The van der Waals surface area contributed by atoms with Gasteiger partial charge in [-0.3, -0.25) is 4.84 Å². The second-order valence-electron chi connectivity index (χ2n) is 3.41.